The summed E-state index contributed by atoms with van der Waals surface area (Å²) in [4.78, 5) is 0. The normalized spacial score (nSPS) is 24.0. The minimum atomic E-state index is 0.608. The third kappa shape index (κ3) is 1.33. The van der Waals surface area contributed by atoms with E-state index < -0.39 is 0 Å². The van der Waals surface area contributed by atoms with Gasteiger partial charge < -0.3 is 0 Å². The first-order chi connectivity index (χ1) is 3.00. The van der Waals surface area contributed by atoms with E-state index >= 15 is 0 Å². The van der Waals surface area contributed by atoms with Crippen molar-refractivity contribution < 1.29 is 0 Å². The van der Waals surface area contributed by atoms with Gasteiger partial charge in [0, 0.05) is 0 Å². The number of hydrogen-bond donors (Lipinski definition) is 0. The van der Waals surface area contributed by atoms with E-state index in [0.717, 1.165) is 0 Å². The fourth-order valence-electron chi connectivity index (χ4n) is 0.802. The van der Waals surface area contributed by atoms with Crippen LogP contribution in [0.25, 0.3) is 0 Å². The van der Waals surface area contributed by atoms with Gasteiger partial charge in [-0.25, -0.2) is 0 Å². The Morgan fingerprint density at radius 3 is 1.67 bits per heavy atom. The molecule has 0 spiro atoms. The van der Waals surface area contributed by atoms with Gasteiger partial charge in [0.2, 0.25) is 0 Å². The Morgan fingerprint density at radius 2 is 1.50 bits per heavy atom. The first-order valence-electron chi connectivity index (χ1n) is 2.71. The Balaban J connectivity index is 2.00. The van der Waals surface area contributed by atoms with E-state index in [1.165, 1.54) is 6.42 Å². The van der Waals surface area contributed by atoms with Crippen LogP contribution in [0.3, 0.4) is 0 Å². The second-order valence-electron chi connectivity index (χ2n) is 1.81. The van der Waals surface area contributed by atoms with E-state index in [0.29, 0.717) is 15.4 Å². The summed E-state index contributed by atoms with van der Waals surface area (Å²) in [5.41, 5.74) is 0. The fraction of sp³-hybridized carbons (Fsp3) is 1.00. The van der Waals surface area contributed by atoms with Gasteiger partial charge in [0.15, 0.2) is 0 Å². The number of rotatable bonds is 0. The maximum atomic E-state index is 1.62. The molecule has 0 atom stereocenters. The van der Waals surface area contributed by atoms with Crippen molar-refractivity contribution in [3.05, 3.63) is 0 Å². The summed E-state index contributed by atoms with van der Waals surface area (Å²) in [5.74, 6) is 0. The molecule has 0 aliphatic carbocycles. The van der Waals surface area contributed by atoms with Gasteiger partial charge in [-0.05, 0) is 0 Å². The van der Waals surface area contributed by atoms with Crippen molar-refractivity contribution in [1.29, 1.82) is 0 Å². The molecule has 0 aromatic heterocycles. The second kappa shape index (κ2) is 2.67. The van der Waals surface area contributed by atoms with Crippen LogP contribution in [0, 0.1) is 0 Å². The topological polar surface area (TPSA) is 0 Å². The van der Waals surface area contributed by atoms with E-state index in [2.05, 4.69) is 0 Å². The van der Waals surface area contributed by atoms with Crippen LogP contribution in [0.2, 0.25) is 10.5 Å². The van der Waals surface area contributed by atoms with Gasteiger partial charge >= 0.3 is 45.2 Å². The molecule has 0 aromatic rings. The fourth-order valence-corrected chi connectivity index (χ4v) is 3.42. The van der Waals surface area contributed by atoms with Gasteiger partial charge in [-0.3, -0.25) is 0 Å². The Labute approximate surface area is 45.8 Å². The first kappa shape index (κ1) is 4.70. The van der Waals surface area contributed by atoms with Crippen LogP contribution in [-0.2, 0) is 0 Å². The van der Waals surface area contributed by atoms with Crippen molar-refractivity contribution in [2.45, 2.75) is 29.8 Å². The molecule has 0 N–H and O–H groups in total. The molecule has 1 aliphatic rings. The average molecular weight is 143 g/mol. The van der Waals surface area contributed by atoms with Gasteiger partial charge in [0.05, 0.1) is 0 Å². The van der Waals surface area contributed by atoms with Crippen LogP contribution in [-0.4, -0.2) is 15.4 Å². The van der Waals surface area contributed by atoms with Crippen molar-refractivity contribution in [2.24, 2.45) is 0 Å². The van der Waals surface area contributed by atoms with Gasteiger partial charge in [0.1, 0.15) is 0 Å². The second-order valence-corrected chi connectivity index (χ2v) is 4.96. The Morgan fingerprint density at radius 1 is 0.833 bits per heavy atom. The van der Waals surface area contributed by atoms with Crippen LogP contribution < -0.4 is 0 Å². The molecule has 0 nitrogen and oxygen atoms in total. The van der Waals surface area contributed by atoms with Crippen LogP contribution in [0.15, 0.2) is 0 Å². The molecular formula is C5H10Ge. The summed E-state index contributed by atoms with van der Waals surface area (Å²) in [6.45, 7) is 0. The van der Waals surface area contributed by atoms with Crippen molar-refractivity contribution in [2.75, 3.05) is 0 Å². The molecule has 0 saturated carbocycles. The molecule has 0 bridgehead atoms. The van der Waals surface area contributed by atoms with E-state index in [-0.39, 0.29) is 0 Å². The van der Waals surface area contributed by atoms with Crippen molar-refractivity contribution in [3.63, 3.8) is 0 Å². The number of hydrogen-bond acceptors (Lipinski definition) is 0. The Bertz CT molecular complexity index is 19.4. The maximum absolute atomic E-state index is 1.62. The monoisotopic (exact) mass is 144 g/mol. The molecule has 1 heteroatoms. The first-order valence-corrected chi connectivity index (χ1v) is 5.67. The Kier molecular flexibility index (Phi) is 2.09. The SMILES string of the molecule is C1C[CH2][Ge][CH2]C1. The van der Waals surface area contributed by atoms with Crippen LogP contribution >= 0.6 is 0 Å². The van der Waals surface area contributed by atoms with Crippen LogP contribution in [0.4, 0.5) is 0 Å². The minimum absolute atomic E-state index is 0.608. The zero-order valence-corrected chi connectivity index (χ0v) is 6.13. The molecular weight excluding hydrogens is 133 g/mol. The van der Waals surface area contributed by atoms with Gasteiger partial charge in [0.25, 0.3) is 0 Å². The molecule has 1 heterocycles. The third-order valence-corrected chi connectivity index (χ3v) is 4.17. The van der Waals surface area contributed by atoms with Gasteiger partial charge in [-0.2, -0.15) is 0 Å². The summed E-state index contributed by atoms with van der Waals surface area (Å²) in [6.07, 6.45) is 4.64. The molecule has 2 radical (unpaired) electrons. The molecule has 0 unspecified atom stereocenters. The summed E-state index contributed by atoms with van der Waals surface area (Å²) in [5, 5.41) is 3.25. The van der Waals surface area contributed by atoms with E-state index in [9.17, 15) is 0 Å². The average Bonchev–Trinajstić information content (AvgIpc) is 1.72. The predicted molar refractivity (Wildman–Crippen MR) is 29.2 cm³/mol. The molecule has 34 valence electrons. The summed E-state index contributed by atoms with van der Waals surface area (Å²) in [7, 11) is 0. The third-order valence-electron chi connectivity index (χ3n) is 1.21. The molecule has 1 fully saturated rings. The quantitative estimate of drug-likeness (QED) is 0.452. The zero-order chi connectivity index (χ0) is 4.24. The zero-order valence-electron chi connectivity index (χ0n) is 4.04. The van der Waals surface area contributed by atoms with Crippen molar-refractivity contribution in [3.8, 4) is 0 Å². The standard InChI is InChI=1S/C5H10Ge/c1-2-4-6-5-3-1/h1-5H2. The summed E-state index contributed by atoms with van der Waals surface area (Å²) < 4.78 is 0. The van der Waals surface area contributed by atoms with Crippen molar-refractivity contribution in [1.82, 2.24) is 0 Å². The van der Waals surface area contributed by atoms with Crippen LogP contribution in [0.5, 0.6) is 0 Å². The van der Waals surface area contributed by atoms with Crippen LogP contribution in [0.1, 0.15) is 19.3 Å². The molecule has 0 aromatic carbocycles. The van der Waals surface area contributed by atoms with E-state index in [1.807, 2.05) is 0 Å². The summed E-state index contributed by atoms with van der Waals surface area (Å²) in [6, 6.07) is 0. The Hall–Kier alpha value is 0.543. The van der Waals surface area contributed by atoms with Crippen molar-refractivity contribution >= 4 is 15.4 Å². The molecule has 0 amide bonds. The van der Waals surface area contributed by atoms with Gasteiger partial charge in [-0.1, -0.05) is 0 Å². The van der Waals surface area contributed by atoms with Gasteiger partial charge in [-0.15, -0.1) is 0 Å². The predicted octanol–water partition coefficient (Wildman–Crippen LogP) is 1.71. The molecule has 1 aliphatic heterocycles. The summed E-state index contributed by atoms with van der Waals surface area (Å²) >= 11 is 0.608. The molecule has 6 heavy (non-hydrogen) atoms. The van der Waals surface area contributed by atoms with E-state index in [4.69, 9.17) is 0 Å². The van der Waals surface area contributed by atoms with E-state index in [1.54, 1.807) is 23.3 Å². The molecule has 1 rings (SSSR count). The molecule has 1 saturated heterocycles.